The van der Waals surface area contributed by atoms with E-state index in [1.165, 1.54) is 25.1 Å². The van der Waals surface area contributed by atoms with Crippen molar-refractivity contribution in [2.75, 3.05) is 12.4 Å². The van der Waals surface area contributed by atoms with Crippen LogP contribution in [0.25, 0.3) is 0 Å². The van der Waals surface area contributed by atoms with Crippen molar-refractivity contribution in [2.45, 2.75) is 43.5 Å². The van der Waals surface area contributed by atoms with Crippen LogP contribution in [0.4, 0.5) is 0 Å². The first-order valence-corrected chi connectivity index (χ1v) is 6.58. The molecule has 1 aromatic heterocycles. The standard InChI is InChI=1S/C10H15N3OS/c1-2-4-9-11-12-10(13(9)5-3-1)15-7-8-6-14-8/h8H,1-7H2/t8-/m1/s1. The van der Waals surface area contributed by atoms with E-state index < -0.39 is 0 Å². The van der Waals surface area contributed by atoms with Gasteiger partial charge in [-0.25, -0.2) is 0 Å². The Bertz CT molecular complexity index is 348. The third-order valence-corrected chi connectivity index (χ3v) is 3.97. The number of aromatic nitrogens is 3. The molecule has 0 unspecified atom stereocenters. The molecule has 0 saturated carbocycles. The lowest BCUT2D eigenvalue weighted by molar-refractivity contribution is 0.426. The number of nitrogens with zero attached hydrogens (tertiary/aromatic N) is 3. The predicted octanol–water partition coefficient (Wildman–Crippen LogP) is 1.50. The first kappa shape index (κ1) is 9.66. The van der Waals surface area contributed by atoms with Crippen LogP contribution in [-0.4, -0.2) is 33.2 Å². The molecule has 3 heterocycles. The highest BCUT2D eigenvalue weighted by molar-refractivity contribution is 7.99. The Morgan fingerprint density at radius 3 is 3.13 bits per heavy atom. The second kappa shape index (κ2) is 4.14. The average molecular weight is 225 g/mol. The van der Waals surface area contributed by atoms with Crippen LogP contribution in [-0.2, 0) is 17.7 Å². The largest absolute Gasteiger partial charge is 0.372 e. The number of epoxide rings is 1. The summed E-state index contributed by atoms with van der Waals surface area (Å²) >= 11 is 1.79. The molecule has 5 heteroatoms. The van der Waals surface area contributed by atoms with Gasteiger partial charge in [0.25, 0.3) is 0 Å². The van der Waals surface area contributed by atoms with E-state index in [4.69, 9.17) is 4.74 Å². The molecule has 15 heavy (non-hydrogen) atoms. The van der Waals surface area contributed by atoms with Gasteiger partial charge in [-0.3, -0.25) is 0 Å². The average Bonchev–Trinajstić information content (AvgIpc) is 3.03. The molecule has 2 aliphatic heterocycles. The highest BCUT2D eigenvalue weighted by Crippen LogP contribution is 2.25. The van der Waals surface area contributed by atoms with Crippen LogP contribution in [0.3, 0.4) is 0 Å². The van der Waals surface area contributed by atoms with Crippen LogP contribution in [0.1, 0.15) is 25.1 Å². The molecule has 0 radical (unpaired) electrons. The van der Waals surface area contributed by atoms with Crippen molar-refractivity contribution in [1.29, 1.82) is 0 Å². The van der Waals surface area contributed by atoms with Gasteiger partial charge in [0.1, 0.15) is 5.82 Å². The monoisotopic (exact) mass is 225 g/mol. The Balaban J connectivity index is 1.72. The fraction of sp³-hybridized carbons (Fsp3) is 0.800. The van der Waals surface area contributed by atoms with Crippen molar-refractivity contribution < 1.29 is 4.74 Å². The third kappa shape index (κ3) is 2.18. The van der Waals surface area contributed by atoms with E-state index in [1.54, 1.807) is 11.8 Å². The van der Waals surface area contributed by atoms with Crippen LogP contribution in [0.5, 0.6) is 0 Å². The van der Waals surface area contributed by atoms with Gasteiger partial charge in [0.05, 0.1) is 12.7 Å². The number of fused-ring (bicyclic) bond motifs is 1. The maximum absolute atomic E-state index is 5.20. The first-order chi connectivity index (χ1) is 7.43. The van der Waals surface area contributed by atoms with Crippen molar-refractivity contribution in [3.05, 3.63) is 5.82 Å². The first-order valence-electron chi connectivity index (χ1n) is 5.60. The lowest BCUT2D eigenvalue weighted by Crippen LogP contribution is -2.03. The van der Waals surface area contributed by atoms with Crippen molar-refractivity contribution in [3.63, 3.8) is 0 Å². The molecular weight excluding hydrogens is 210 g/mol. The fourth-order valence-corrected chi connectivity index (χ4v) is 2.88. The molecule has 0 bridgehead atoms. The second-order valence-corrected chi connectivity index (χ2v) is 5.11. The molecule has 1 saturated heterocycles. The molecule has 0 aromatic carbocycles. The highest BCUT2D eigenvalue weighted by Gasteiger charge is 2.24. The lowest BCUT2D eigenvalue weighted by Gasteiger charge is -2.04. The van der Waals surface area contributed by atoms with E-state index in [0.29, 0.717) is 6.10 Å². The molecule has 1 fully saturated rings. The van der Waals surface area contributed by atoms with Crippen molar-refractivity contribution in [1.82, 2.24) is 14.8 Å². The minimum absolute atomic E-state index is 0.466. The van der Waals surface area contributed by atoms with Gasteiger partial charge in [-0.2, -0.15) is 0 Å². The minimum atomic E-state index is 0.466. The van der Waals surface area contributed by atoms with Gasteiger partial charge >= 0.3 is 0 Å². The van der Waals surface area contributed by atoms with Gasteiger partial charge in [0.2, 0.25) is 0 Å². The highest BCUT2D eigenvalue weighted by atomic mass is 32.2. The van der Waals surface area contributed by atoms with E-state index in [0.717, 1.165) is 30.5 Å². The smallest absolute Gasteiger partial charge is 0.191 e. The Labute approximate surface area is 93.4 Å². The van der Waals surface area contributed by atoms with Crippen LogP contribution < -0.4 is 0 Å². The molecule has 2 aliphatic rings. The van der Waals surface area contributed by atoms with Crippen LogP contribution in [0, 0.1) is 0 Å². The molecule has 1 atom stereocenters. The van der Waals surface area contributed by atoms with Crippen molar-refractivity contribution >= 4 is 11.8 Å². The zero-order valence-electron chi connectivity index (χ0n) is 8.69. The minimum Gasteiger partial charge on any atom is -0.372 e. The van der Waals surface area contributed by atoms with Crippen molar-refractivity contribution in [2.24, 2.45) is 0 Å². The third-order valence-electron chi connectivity index (χ3n) is 2.88. The number of ether oxygens (including phenoxy) is 1. The molecule has 0 N–H and O–H groups in total. The molecule has 4 nitrogen and oxygen atoms in total. The molecule has 3 rings (SSSR count). The summed E-state index contributed by atoms with van der Waals surface area (Å²) < 4.78 is 7.49. The van der Waals surface area contributed by atoms with Crippen LogP contribution >= 0.6 is 11.8 Å². The van der Waals surface area contributed by atoms with Gasteiger partial charge < -0.3 is 9.30 Å². The number of rotatable bonds is 3. The Kier molecular flexibility index (Phi) is 2.66. The van der Waals surface area contributed by atoms with E-state index in [-0.39, 0.29) is 0 Å². The fourth-order valence-electron chi connectivity index (χ4n) is 1.90. The molecule has 0 amide bonds. The van der Waals surface area contributed by atoms with E-state index in [9.17, 15) is 0 Å². The Hall–Kier alpha value is -0.550. The SMILES string of the molecule is C1CCc2nnc(SC[C@H]3CO3)n2CC1. The number of hydrogen-bond acceptors (Lipinski definition) is 4. The van der Waals surface area contributed by atoms with Gasteiger partial charge in [-0.15, -0.1) is 10.2 Å². The molecule has 0 spiro atoms. The maximum atomic E-state index is 5.20. The summed E-state index contributed by atoms with van der Waals surface area (Å²) in [6.07, 6.45) is 5.40. The summed E-state index contributed by atoms with van der Waals surface area (Å²) in [5.74, 6) is 2.20. The maximum Gasteiger partial charge on any atom is 0.191 e. The zero-order valence-corrected chi connectivity index (χ0v) is 9.50. The quantitative estimate of drug-likeness (QED) is 0.577. The molecule has 82 valence electrons. The molecule has 0 aliphatic carbocycles. The van der Waals surface area contributed by atoms with Crippen LogP contribution in [0.15, 0.2) is 5.16 Å². The number of hydrogen-bond donors (Lipinski definition) is 0. The molecular formula is C10H15N3OS. The summed E-state index contributed by atoms with van der Waals surface area (Å²) in [5, 5.41) is 9.61. The van der Waals surface area contributed by atoms with E-state index in [2.05, 4.69) is 14.8 Å². The van der Waals surface area contributed by atoms with Gasteiger partial charge in [0.15, 0.2) is 5.16 Å². The molecule has 1 aromatic rings. The zero-order chi connectivity index (χ0) is 10.1. The van der Waals surface area contributed by atoms with Gasteiger partial charge in [-0.1, -0.05) is 18.2 Å². The lowest BCUT2D eigenvalue weighted by atomic mass is 10.2. The van der Waals surface area contributed by atoms with Crippen LogP contribution in [0.2, 0.25) is 0 Å². The summed E-state index contributed by atoms with van der Waals surface area (Å²) in [6.45, 7) is 2.02. The summed E-state index contributed by atoms with van der Waals surface area (Å²) in [4.78, 5) is 0. The topological polar surface area (TPSA) is 43.2 Å². The number of aryl methyl sites for hydroxylation is 1. The number of thioether (sulfide) groups is 1. The summed E-state index contributed by atoms with van der Waals surface area (Å²) in [5.41, 5.74) is 0. The predicted molar refractivity (Wildman–Crippen MR) is 58.0 cm³/mol. The normalized spacial score (nSPS) is 24.7. The summed E-state index contributed by atoms with van der Waals surface area (Å²) in [7, 11) is 0. The van der Waals surface area contributed by atoms with E-state index >= 15 is 0 Å². The van der Waals surface area contributed by atoms with E-state index in [1.807, 2.05) is 0 Å². The van der Waals surface area contributed by atoms with Gasteiger partial charge in [0, 0.05) is 18.7 Å². The van der Waals surface area contributed by atoms with Gasteiger partial charge in [-0.05, 0) is 12.8 Å². The Morgan fingerprint density at radius 2 is 2.27 bits per heavy atom. The van der Waals surface area contributed by atoms with Crippen molar-refractivity contribution in [3.8, 4) is 0 Å². The Morgan fingerprint density at radius 1 is 1.33 bits per heavy atom. The second-order valence-electron chi connectivity index (χ2n) is 4.13. The summed E-state index contributed by atoms with van der Waals surface area (Å²) in [6, 6.07) is 0.